The van der Waals surface area contributed by atoms with Crippen LogP contribution in [0.2, 0.25) is 0 Å². The summed E-state index contributed by atoms with van der Waals surface area (Å²) in [6.45, 7) is 4.44. The topological polar surface area (TPSA) is 61.1 Å². The summed E-state index contributed by atoms with van der Waals surface area (Å²) in [6, 6.07) is 9.50. The van der Waals surface area contributed by atoms with Gasteiger partial charge < -0.3 is 5.11 Å². The highest BCUT2D eigenvalue weighted by molar-refractivity contribution is 5.96. The maximum absolute atomic E-state index is 10.8. The maximum Gasteiger partial charge on any atom is 0.346 e. The Labute approximate surface area is 126 Å². The number of unbranched alkanes of at least 4 members (excludes halogenated alkanes) is 1. The normalized spacial score (nSPS) is 12.7. The van der Waals surface area contributed by atoms with E-state index in [1.165, 1.54) is 37.3 Å². The number of nitriles is 1. The van der Waals surface area contributed by atoms with E-state index >= 15 is 0 Å². The Morgan fingerprint density at radius 1 is 1.33 bits per heavy atom. The summed E-state index contributed by atoms with van der Waals surface area (Å²) in [4.78, 5) is 10.8. The fraction of sp³-hybridized carbons (Fsp3) is 0.444. The molecule has 0 aliphatic carbocycles. The van der Waals surface area contributed by atoms with Crippen LogP contribution in [0.15, 0.2) is 29.8 Å². The van der Waals surface area contributed by atoms with Gasteiger partial charge in [-0.3, -0.25) is 0 Å². The van der Waals surface area contributed by atoms with Gasteiger partial charge in [0.05, 0.1) is 0 Å². The van der Waals surface area contributed by atoms with Gasteiger partial charge in [-0.1, -0.05) is 63.8 Å². The number of hydrogen-bond donors (Lipinski definition) is 1. The lowest BCUT2D eigenvalue weighted by atomic mass is 9.91. The Morgan fingerprint density at radius 2 is 2.00 bits per heavy atom. The Bertz CT molecular complexity index is 523. The highest BCUT2D eigenvalue weighted by Gasteiger charge is 2.08. The van der Waals surface area contributed by atoms with Crippen molar-refractivity contribution >= 4 is 12.0 Å². The zero-order valence-electron chi connectivity index (χ0n) is 12.8. The van der Waals surface area contributed by atoms with Crippen LogP contribution in [0.1, 0.15) is 50.7 Å². The molecule has 21 heavy (non-hydrogen) atoms. The van der Waals surface area contributed by atoms with Crippen molar-refractivity contribution in [3.05, 3.63) is 41.0 Å². The van der Waals surface area contributed by atoms with Gasteiger partial charge in [-0.05, 0) is 29.5 Å². The zero-order chi connectivity index (χ0) is 15.7. The first-order valence-corrected chi connectivity index (χ1v) is 7.54. The number of carboxylic acid groups (broad SMARTS) is 1. The van der Waals surface area contributed by atoms with Crippen LogP contribution in [0.5, 0.6) is 0 Å². The smallest absolute Gasteiger partial charge is 0.346 e. The number of nitrogens with zero attached hydrogens (tertiary/aromatic N) is 1. The van der Waals surface area contributed by atoms with Gasteiger partial charge in [0.1, 0.15) is 11.6 Å². The fourth-order valence-electron chi connectivity index (χ4n) is 2.34. The minimum absolute atomic E-state index is 0.239. The van der Waals surface area contributed by atoms with E-state index in [9.17, 15) is 4.79 Å². The summed E-state index contributed by atoms with van der Waals surface area (Å²) in [7, 11) is 0. The van der Waals surface area contributed by atoms with Crippen LogP contribution in [-0.4, -0.2) is 11.1 Å². The minimum atomic E-state index is -1.19. The first kappa shape index (κ1) is 17.0. The summed E-state index contributed by atoms with van der Waals surface area (Å²) in [5.74, 6) is -0.479. The van der Waals surface area contributed by atoms with E-state index in [2.05, 4.69) is 13.8 Å². The van der Waals surface area contributed by atoms with E-state index in [0.29, 0.717) is 5.92 Å². The van der Waals surface area contributed by atoms with Gasteiger partial charge in [-0.2, -0.15) is 5.26 Å². The number of carboxylic acids is 1. The SMILES string of the molecule is CCCCC(CC)Cc1ccc(C=C(C#N)C(=O)O)cc1. The quantitative estimate of drug-likeness (QED) is 0.567. The lowest BCUT2D eigenvalue weighted by molar-refractivity contribution is -0.132. The monoisotopic (exact) mass is 285 g/mol. The molecule has 0 fully saturated rings. The Hall–Kier alpha value is -2.08. The summed E-state index contributed by atoms with van der Waals surface area (Å²) in [6.07, 6.45) is 7.40. The molecule has 0 aromatic heterocycles. The van der Waals surface area contributed by atoms with Gasteiger partial charge in [0.25, 0.3) is 0 Å². The molecular formula is C18H23NO2. The standard InChI is InChI=1S/C18H23NO2/c1-3-5-6-14(4-2)11-15-7-9-16(10-8-15)12-17(13-19)18(20)21/h7-10,12,14H,3-6,11H2,1-2H3,(H,20,21). The van der Waals surface area contributed by atoms with Crippen molar-refractivity contribution in [1.82, 2.24) is 0 Å². The van der Waals surface area contributed by atoms with Crippen LogP contribution >= 0.6 is 0 Å². The van der Waals surface area contributed by atoms with E-state index < -0.39 is 5.97 Å². The van der Waals surface area contributed by atoms with Crippen molar-refractivity contribution in [3.8, 4) is 6.07 Å². The molecule has 1 aromatic rings. The molecule has 0 radical (unpaired) electrons. The maximum atomic E-state index is 10.8. The van der Waals surface area contributed by atoms with Gasteiger partial charge in [0.15, 0.2) is 0 Å². The third kappa shape index (κ3) is 5.83. The van der Waals surface area contributed by atoms with Crippen molar-refractivity contribution < 1.29 is 9.90 Å². The molecule has 1 atom stereocenters. The van der Waals surface area contributed by atoms with Crippen LogP contribution in [0.3, 0.4) is 0 Å². The van der Waals surface area contributed by atoms with Crippen molar-refractivity contribution in [2.24, 2.45) is 5.92 Å². The van der Waals surface area contributed by atoms with Crippen molar-refractivity contribution in [2.45, 2.75) is 46.0 Å². The molecule has 1 aromatic carbocycles. The van der Waals surface area contributed by atoms with E-state index in [4.69, 9.17) is 10.4 Å². The third-order valence-corrected chi connectivity index (χ3v) is 3.71. The average Bonchev–Trinajstić information content (AvgIpc) is 2.50. The van der Waals surface area contributed by atoms with Gasteiger partial charge in [-0.15, -0.1) is 0 Å². The molecule has 0 aliphatic heterocycles. The largest absolute Gasteiger partial charge is 0.477 e. The van der Waals surface area contributed by atoms with Crippen molar-refractivity contribution in [2.75, 3.05) is 0 Å². The Morgan fingerprint density at radius 3 is 2.48 bits per heavy atom. The molecule has 0 heterocycles. The van der Waals surface area contributed by atoms with Crippen LogP contribution in [-0.2, 0) is 11.2 Å². The van der Waals surface area contributed by atoms with Gasteiger partial charge in [-0.25, -0.2) is 4.79 Å². The molecule has 112 valence electrons. The predicted octanol–water partition coefficient (Wildman–Crippen LogP) is 4.44. The number of benzene rings is 1. The van der Waals surface area contributed by atoms with E-state index in [0.717, 1.165) is 12.0 Å². The Kier molecular flexibility index (Phi) is 7.25. The number of carbonyl (C=O) groups is 1. The second-order valence-corrected chi connectivity index (χ2v) is 5.34. The lowest BCUT2D eigenvalue weighted by Crippen LogP contribution is -2.03. The number of aliphatic carboxylic acids is 1. The fourth-order valence-corrected chi connectivity index (χ4v) is 2.34. The van der Waals surface area contributed by atoms with Gasteiger partial charge in [0.2, 0.25) is 0 Å². The minimum Gasteiger partial charge on any atom is -0.477 e. The Balaban J connectivity index is 2.74. The molecule has 0 aliphatic rings. The first-order valence-electron chi connectivity index (χ1n) is 7.54. The molecule has 1 N–H and O–H groups in total. The highest BCUT2D eigenvalue weighted by atomic mass is 16.4. The number of rotatable bonds is 8. The summed E-state index contributed by atoms with van der Waals surface area (Å²) < 4.78 is 0. The second kappa shape index (κ2) is 8.97. The zero-order valence-corrected chi connectivity index (χ0v) is 12.8. The predicted molar refractivity (Wildman–Crippen MR) is 84.7 cm³/mol. The first-order chi connectivity index (χ1) is 10.1. The molecule has 0 saturated carbocycles. The highest BCUT2D eigenvalue weighted by Crippen LogP contribution is 2.19. The van der Waals surface area contributed by atoms with Gasteiger partial charge in [0, 0.05) is 0 Å². The van der Waals surface area contributed by atoms with Crippen LogP contribution in [0.25, 0.3) is 6.08 Å². The van der Waals surface area contributed by atoms with E-state index in [1.54, 1.807) is 6.07 Å². The molecule has 3 nitrogen and oxygen atoms in total. The summed E-state index contributed by atoms with van der Waals surface area (Å²) in [5.41, 5.74) is 1.78. The molecule has 3 heteroatoms. The van der Waals surface area contributed by atoms with Crippen LogP contribution in [0, 0.1) is 17.2 Å². The lowest BCUT2D eigenvalue weighted by Gasteiger charge is -2.14. The second-order valence-electron chi connectivity index (χ2n) is 5.34. The van der Waals surface area contributed by atoms with Gasteiger partial charge >= 0.3 is 5.97 Å². The molecular weight excluding hydrogens is 262 g/mol. The number of hydrogen-bond acceptors (Lipinski definition) is 2. The average molecular weight is 285 g/mol. The molecule has 1 rings (SSSR count). The van der Waals surface area contributed by atoms with E-state index in [1.807, 2.05) is 24.3 Å². The summed E-state index contributed by atoms with van der Waals surface area (Å²) >= 11 is 0. The molecule has 0 spiro atoms. The van der Waals surface area contributed by atoms with E-state index in [-0.39, 0.29) is 5.57 Å². The van der Waals surface area contributed by atoms with Crippen LogP contribution < -0.4 is 0 Å². The molecule has 1 unspecified atom stereocenters. The summed E-state index contributed by atoms with van der Waals surface area (Å²) in [5, 5.41) is 17.6. The van der Waals surface area contributed by atoms with Crippen molar-refractivity contribution in [3.63, 3.8) is 0 Å². The molecule has 0 amide bonds. The molecule has 0 saturated heterocycles. The molecule has 0 bridgehead atoms. The third-order valence-electron chi connectivity index (χ3n) is 3.71. The van der Waals surface area contributed by atoms with Crippen molar-refractivity contribution in [1.29, 1.82) is 5.26 Å². The van der Waals surface area contributed by atoms with Crippen LogP contribution in [0.4, 0.5) is 0 Å².